The summed E-state index contributed by atoms with van der Waals surface area (Å²) in [5, 5.41) is 5.28. The van der Waals surface area contributed by atoms with Gasteiger partial charge in [-0.15, -0.1) is 11.3 Å². The van der Waals surface area contributed by atoms with Gasteiger partial charge in [-0.2, -0.15) is 4.31 Å². The van der Waals surface area contributed by atoms with Gasteiger partial charge in [0.2, 0.25) is 15.9 Å². The van der Waals surface area contributed by atoms with Crippen LogP contribution in [0.4, 0.5) is 5.13 Å². The van der Waals surface area contributed by atoms with E-state index in [1.54, 1.807) is 24.3 Å². The van der Waals surface area contributed by atoms with Crippen LogP contribution in [0.15, 0.2) is 58.8 Å². The standard InChI is InChI=1S/C25H29N3O4S2/c1-3-15-32-21-10-8-19(9-11-21)23-17-33-25(26-23)27-24(29)20-5-4-14-28(16-20)34(30,31)22-12-6-18(2)7-13-22/h6-13,17,20H,3-5,14-16H2,1-2H3,(H,26,27,29). The molecule has 1 aromatic heterocycles. The second-order valence-corrected chi connectivity index (χ2v) is 11.2. The zero-order valence-electron chi connectivity index (χ0n) is 19.4. The molecule has 1 aliphatic heterocycles. The number of nitrogens with one attached hydrogen (secondary N) is 1. The van der Waals surface area contributed by atoms with Crippen molar-refractivity contribution in [3.8, 4) is 17.0 Å². The highest BCUT2D eigenvalue weighted by Crippen LogP contribution is 2.29. The average molecular weight is 500 g/mol. The Kier molecular flexibility index (Phi) is 7.65. The summed E-state index contributed by atoms with van der Waals surface area (Å²) in [6, 6.07) is 14.5. The number of thiazole rings is 1. The molecule has 0 bridgehead atoms. The molecule has 1 amide bonds. The molecule has 3 aromatic rings. The van der Waals surface area contributed by atoms with Gasteiger partial charge >= 0.3 is 0 Å². The van der Waals surface area contributed by atoms with Crippen LogP contribution in [-0.4, -0.2) is 43.3 Å². The summed E-state index contributed by atoms with van der Waals surface area (Å²) in [4.78, 5) is 17.7. The van der Waals surface area contributed by atoms with Gasteiger partial charge in [0, 0.05) is 24.0 Å². The number of carbonyl (C=O) groups is 1. The second-order valence-electron chi connectivity index (χ2n) is 8.42. The maximum atomic E-state index is 13.0. The summed E-state index contributed by atoms with van der Waals surface area (Å²) in [6.45, 7) is 5.24. The number of piperidine rings is 1. The van der Waals surface area contributed by atoms with Crippen LogP contribution in [0.5, 0.6) is 5.75 Å². The Balaban J connectivity index is 1.39. The maximum Gasteiger partial charge on any atom is 0.243 e. The topological polar surface area (TPSA) is 88.6 Å². The van der Waals surface area contributed by atoms with Gasteiger partial charge in [0.15, 0.2) is 5.13 Å². The zero-order valence-corrected chi connectivity index (χ0v) is 21.0. The molecule has 0 radical (unpaired) electrons. The minimum atomic E-state index is -3.63. The predicted molar refractivity (Wildman–Crippen MR) is 135 cm³/mol. The van der Waals surface area contributed by atoms with Gasteiger partial charge in [-0.25, -0.2) is 13.4 Å². The third kappa shape index (κ3) is 5.65. The third-order valence-corrected chi connectivity index (χ3v) is 8.41. The average Bonchev–Trinajstić information content (AvgIpc) is 3.32. The van der Waals surface area contributed by atoms with Crippen molar-refractivity contribution in [1.82, 2.24) is 9.29 Å². The van der Waals surface area contributed by atoms with Crippen LogP contribution in [0, 0.1) is 12.8 Å². The highest BCUT2D eigenvalue weighted by atomic mass is 32.2. The normalized spacial score (nSPS) is 16.8. The molecule has 1 unspecified atom stereocenters. The van der Waals surface area contributed by atoms with Gasteiger partial charge in [0.25, 0.3) is 0 Å². The Morgan fingerprint density at radius 1 is 1.18 bits per heavy atom. The first-order valence-electron chi connectivity index (χ1n) is 11.4. The molecule has 9 heteroatoms. The molecule has 1 aliphatic rings. The van der Waals surface area contributed by atoms with Gasteiger partial charge in [-0.3, -0.25) is 4.79 Å². The number of benzene rings is 2. The number of anilines is 1. The minimum absolute atomic E-state index is 0.166. The number of hydrogen-bond donors (Lipinski definition) is 1. The Morgan fingerprint density at radius 2 is 1.91 bits per heavy atom. The van der Waals surface area contributed by atoms with Crippen LogP contribution in [-0.2, 0) is 14.8 Å². The van der Waals surface area contributed by atoms with Crippen molar-refractivity contribution < 1.29 is 17.9 Å². The quantitative estimate of drug-likeness (QED) is 0.474. The number of sulfonamides is 1. The maximum absolute atomic E-state index is 13.0. The Labute approximate surface area is 204 Å². The van der Waals surface area contributed by atoms with E-state index in [1.165, 1.54) is 15.6 Å². The summed E-state index contributed by atoms with van der Waals surface area (Å²) in [6.07, 6.45) is 2.23. The molecule has 1 atom stereocenters. The van der Waals surface area contributed by atoms with Crippen molar-refractivity contribution >= 4 is 32.4 Å². The molecule has 180 valence electrons. The van der Waals surface area contributed by atoms with Gasteiger partial charge in [-0.1, -0.05) is 24.6 Å². The van der Waals surface area contributed by atoms with Crippen molar-refractivity contribution in [2.24, 2.45) is 5.92 Å². The van der Waals surface area contributed by atoms with Crippen LogP contribution in [0.1, 0.15) is 31.7 Å². The Hall–Kier alpha value is -2.75. The Morgan fingerprint density at radius 3 is 2.62 bits per heavy atom. The number of amides is 1. The molecular weight excluding hydrogens is 470 g/mol. The van der Waals surface area contributed by atoms with Crippen molar-refractivity contribution in [2.45, 2.75) is 38.0 Å². The summed E-state index contributed by atoms with van der Waals surface area (Å²) >= 11 is 1.35. The van der Waals surface area contributed by atoms with E-state index in [0.717, 1.165) is 29.0 Å². The van der Waals surface area contributed by atoms with Crippen LogP contribution in [0.2, 0.25) is 0 Å². The van der Waals surface area contributed by atoms with E-state index in [0.29, 0.717) is 31.1 Å². The van der Waals surface area contributed by atoms with Crippen molar-refractivity contribution in [2.75, 3.05) is 25.0 Å². The number of hydrogen-bond acceptors (Lipinski definition) is 6. The first kappa shape index (κ1) is 24.4. The smallest absolute Gasteiger partial charge is 0.243 e. The lowest BCUT2D eigenvalue weighted by molar-refractivity contribution is -0.120. The fourth-order valence-electron chi connectivity index (χ4n) is 3.85. The molecule has 34 heavy (non-hydrogen) atoms. The second kappa shape index (κ2) is 10.7. The molecular formula is C25H29N3O4S2. The van der Waals surface area contributed by atoms with E-state index in [-0.39, 0.29) is 17.3 Å². The zero-order chi connectivity index (χ0) is 24.1. The predicted octanol–water partition coefficient (Wildman–Crippen LogP) is 4.95. The van der Waals surface area contributed by atoms with Crippen LogP contribution < -0.4 is 10.1 Å². The van der Waals surface area contributed by atoms with Crippen LogP contribution >= 0.6 is 11.3 Å². The first-order chi connectivity index (χ1) is 16.4. The van der Waals surface area contributed by atoms with E-state index in [9.17, 15) is 13.2 Å². The highest BCUT2D eigenvalue weighted by molar-refractivity contribution is 7.89. The molecule has 0 aliphatic carbocycles. The van der Waals surface area contributed by atoms with E-state index in [1.807, 2.05) is 36.6 Å². The highest BCUT2D eigenvalue weighted by Gasteiger charge is 2.33. The SMILES string of the molecule is CCCOc1ccc(-c2csc(NC(=O)C3CCCN(S(=O)(=O)c4ccc(C)cc4)C3)n2)cc1. The number of aryl methyl sites for hydroxylation is 1. The number of rotatable bonds is 8. The lowest BCUT2D eigenvalue weighted by atomic mass is 9.99. The molecule has 2 aromatic carbocycles. The van der Waals surface area contributed by atoms with Gasteiger partial charge in [0.05, 0.1) is 23.1 Å². The minimum Gasteiger partial charge on any atom is -0.494 e. The van der Waals surface area contributed by atoms with Gasteiger partial charge < -0.3 is 10.1 Å². The summed E-state index contributed by atoms with van der Waals surface area (Å²) in [7, 11) is -3.63. The molecule has 7 nitrogen and oxygen atoms in total. The molecule has 0 saturated carbocycles. The van der Waals surface area contributed by atoms with Crippen molar-refractivity contribution in [3.63, 3.8) is 0 Å². The monoisotopic (exact) mass is 499 g/mol. The number of aromatic nitrogens is 1. The number of ether oxygens (including phenoxy) is 1. The van der Waals surface area contributed by atoms with Crippen molar-refractivity contribution in [1.29, 1.82) is 0 Å². The van der Waals surface area contributed by atoms with Crippen LogP contribution in [0.25, 0.3) is 11.3 Å². The lowest BCUT2D eigenvalue weighted by Gasteiger charge is -2.31. The summed E-state index contributed by atoms with van der Waals surface area (Å²) in [5.41, 5.74) is 2.71. The van der Waals surface area contributed by atoms with E-state index in [2.05, 4.69) is 17.2 Å². The fourth-order valence-corrected chi connectivity index (χ4v) is 6.09. The molecule has 2 heterocycles. The lowest BCUT2D eigenvalue weighted by Crippen LogP contribution is -2.43. The van der Waals surface area contributed by atoms with E-state index in [4.69, 9.17) is 4.74 Å². The number of nitrogens with zero attached hydrogens (tertiary/aromatic N) is 2. The molecule has 1 N–H and O–H groups in total. The largest absolute Gasteiger partial charge is 0.494 e. The van der Waals surface area contributed by atoms with Gasteiger partial charge in [0.1, 0.15) is 5.75 Å². The van der Waals surface area contributed by atoms with E-state index < -0.39 is 15.9 Å². The summed E-state index contributed by atoms with van der Waals surface area (Å²) in [5.74, 6) is 0.195. The number of carbonyl (C=O) groups excluding carboxylic acids is 1. The third-order valence-electron chi connectivity index (χ3n) is 5.77. The molecule has 1 saturated heterocycles. The fraction of sp³-hybridized carbons (Fsp3) is 0.360. The Bertz CT molecular complexity index is 1220. The molecule has 0 spiro atoms. The van der Waals surface area contributed by atoms with Crippen molar-refractivity contribution in [3.05, 3.63) is 59.5 Å². The van der Waals surface area contributed by atoms with E-state index >= 15 is 0 Å². The molecule has 1 fully saturated rings. The van der Waals surface area contributed by atoms with Gasteiger partial charge in [-0.05, 0) is 62.6 Å². The summed E-state index contributed by atoms with van der Waals surface area (Å²) < 4.78 is 33.1. The van der Waals surface area contributed by atoms with Crippen LogP contribution in [0.3, 0.4) is 0 Å². The molecule has 4 rings (SSSR count). The first-order valence-corrected chi connectivity index (χ1v) is 13.7.